The number of ether oxygens (including phenoxy) is 1. The monoisotopic (exact) mass is 278 g/mol. The molecule has 0 amide bonds. The van der Waals surface area contributed by atoms with Crippen LogP contribution in [0.5, 0.6) is 11.6 Å². The lowest BCUT2D eigenvalue weighted by Crippen LogP contribution is -2.09. The highest BCUT2D eigenvalue weighted by Crippen LogP contribution is 2.27. The lowest BCUT2D eigenvalue weighted by Gasteiger charge is -2.13. The van der Waals surface area contributed by atoms with E-state index in [1.807, 2.05) is 27.0 Å². The molecule has 106 valence electrons. The Morgan fingerprint density at radius 3 is 2.35 bits per heavy atom. The van der Waals surface area contributed by atoms with Crippen LogP contribution in [0, 0.1) is 25.5 Å². The summed E-state index contributed by atoms with van der Waals surface area (Å²) < 4.78 is 31.9. The maximum Gasteiger partial charge on any atom is 0.224 e. The minimum Gasteiger partial charge on any atom is -0.438 e. The minimum atomic E-state index is -0.681. The number of nitrogens with zero attached hydrogens (tertiary/aromatic N) is 1. The molecule has 5 heteroatoms. The van der Waals surface area contributed by atoms with E-state index in [0.717, 1.165) is 35.0 Å². The molecule has 0 radical (unpaired) electrons. The van der Waals surface area contributed by atoms with Gasteiger partial charge in [0.25, 0.3) is 0 Å². The minimum absolute atomic E-state index is 0.0948. The Balaban J connectivity index is 2.41. The number of rotatable bonds is 4. The highest BCUT2D eigenvalue weighted by molar-refractivity contribution is 5.39. The molecule has 0 aliphatic rings. The summed E-state index contributed by atoms with van der Waals surface area (Å²) in [5.41, 5.74) is 2.66. The third-order valence-electron chi connectivity index (χ3n) is 2.84. The standard InChI is InChI=1S/C15H16F2N2O/c1-9-4-10(2)19-15(14(9)8-18-3)20-13-6-11(16)5-12(17)7-13/h4-7,18H,8H2,1-3H3. The van der Waals surface area contributed by atoms with E-state index in [-0.39, 0.29) is 5.75 Å². The normalized spacial score (nSPS) is 10.7. The van der Waals surface area contributed by atoms with Gasteiger partial charge in [0, 0.05) is 36.0 Å². The fourth-order valence-electron chi connectivity index (χ4n) is 2.00. The van der Waals surface area contributed by atoms with Crippen molar-refractivity contribution in [1.29, 1.82) is 0 Å². The van der Waals surface area contributed by atoms with Crippen LogP contribution >= 0.6 is 0 Å². The molecule has 0 aliphatic heterocycles. The number of nitrogens with one attached hydrogen (secondary N) is 1. The second-order valence-corrected chi connectivity index (χ2v) is 4.60. The van der Waals surface area contributed by atoms with Crippen LogP contribution in [0.1, 0.15) is 16.8 Å². The van der Waals surface area contributed by atoms with Crippen LogP contribution < -0.4 is 10.1 Å². The van der Waals surface area contributed by atoms with Gasteiger partial charge in [0.1, 0.15) is 17.4 Å². The van der Waals surface area contributed by atoms with E-state index >= 15 is 0 Å². The largest absolute Gasteiger partial charge is 0.438 e. The first-order valence-electron chi connectivity index (χ1n) is 6.25. The van der Waals surface area contributed by atoms with Gasteiger partial charge < -0.3 is 10.1 Å². The molecule has 0 spiro atoms. The Labute approximate surface area is 116 Å². The van der Waals surface area contributed by atoms with E-state index in [9.17, 15) is 8.78 Å². The van der Waals surface area contributed by atoms with Crippen molar-refractivity contribution in [3.05, 3.63) is 52.7 Å². The molecular weight excluding hydrogens is 262 g/mol. The molecule has 1 N–H and O–H groups in total. The first kappa shape index (κ1) is 14.4. The Hall–Kier alpha value is -2.01. The predicted molar refractivity (Wildman–Crippen MR) is 72.9 cm³/mol. The van der Waals surface area contributed by atoms with Crippen LogP contribution in [-0.4, -0.2) is 12.0 Å². The number of aromatic nitrogens is 1. The third kappa shape index (κ3) is 3.30. The molecule has 1 aromatic carbocycles. The van der Waals surface area contributed by atoms with Crippen LogP contribution in [0.2, 0.25) is 0 Å². The van der Waals surface area contributed by atoms with Crippen LogP contribution in [0.25, 0.3) is 0 Å². The lowest BCUT2D eigenvalue weighted by molar-refractivity contribution is 0.442. The first-order chi connectivity index (χ1) is 9.49. The maximum absolute atomic E-state index is 13.2. The van der Waals surface area contributed by atoms with Gasteiger partial charge in [-0.05, 0) is 32.5 Å². The van der Waals surface area contributed by atoms with Crippen LogP contribution in [-0.2, 0) is 6.54 Å². The second kappa shape index (κ2) is 5.96. The van der Waals surface area contributed by atoms with E-state index < -0.39 is 11.6 Å². The zero-order valence-corrected chi connectivity index (χ0v) is 11.6. The van der Waals surface area contributed by atoms with E-state index in [1.165, 1.54) is 0 Å². The number of aryl methyl sites for hydroxylation is 2. The molecule has 1 aromatic heterocycles. The van der Waals surface area contributed by atoms with Gasteiger partial charge in [-0.25, -0.2) is 13.8 Å². The van der Waals surface area contributed by atoms with E-state index in [2.05, 4.69) is 10.3 Å². The summed E-state index contributed by atoms with van der Waals surface area (Å²) in [6.45, 7) is 4.35. The quantitative estimate of drug-likeness (QED) is 0.929. The fraction of sp³-hybridized carbons (Fsp3) is 0.267. The van der Waals surface area contributed by atoms with Gasteiger partial charge in [-0.15, -0.1) is 0 Å². The fourth-order valence-corrected chi connectivity index (χ4v) is 2.00. The molecule has 0 unspecified atom stereocenters. The molecule has 20 heavy (non-hydrogen) atoms. The molecule has 2 rings (SSSR count). The molecule has 0 bridgehead atoms. The number of halogens is 2. The molecule has 0 atom stereocenters. The Morgan fingerprint density at radius 1 is 1.10 bits per heavy atom. The third-order valence-corrected chi connectivity index (χ3v) is 2.84. The van der Waals surface area contributed by atoms with E-state index in [1.54, 1.807) is 0 Å². The molecule has 0 saturated heterocycles. The van der Waals surface area contributed by atoms with Gasteiger partial charge in [0.2, 0.25) is 5.88 Å². The van der Waals surface area contributed by atoms with Gasteiger partial charge >= 0.3 is 0 Å². The summed E-state index contributed by atoms with van der Waals surface area (Å²) in [5.74, 6) is -0.904. The van der Waals surface area contributed by atoms with Crippen molar-refractivity contribution in [3.63, 3.8) is 0 Å². The molecule has 0 saturated carbocycles. The summed E-state index contributed by atoms with van der Waals surface area (Å²) in [6, 6.07) is 5.00. The van der Waals surface area contributed by atoms with E-state index in [4.69, 9.17) is 4.74 Å². The van der Waals surface area contributed by atoms with Gasteiger partial charge in [0.15, 0.2) is 0 Å². The molecule has 3 nitrogen and oxygen atoms in total. The van der Waals surface area contributed by atoms with Gasteiger partial charge in [-0.3, -0.25) is 0 Å². The number of pyridine rings is 1. The molecular formula is C15H16F2N2O. The second-order valence-electron chi connectivity index (χ2n) is 4.60. The zero-order chi connectivity index (χ0) is 14.7. The van der Waals surface area contributed by atoms with Crippen molar-refractivity contribution in [3.8, 4) is 11.6 Å². The summed E-state index contributed by atoms with van der Waals surface area (Å²) in [7, 11) is 1.81. The van der Waals surface area contributed by atoms with Gasteiger partial charge in [-0.1, -0.05) is 0 Å². The maximum atomic E-state index is 13.2. The zero-order valence-electron chi connectivity index (χ0n) is 11.6. The van der Waals surface area contributed by atoms with Gasteiger partial charge in [-0.2, -0.15) is 0 Å². The summed E-state index contributed by atoms with van der Waals surface area (Å²) in [6.07, 6.45) is 0. The summed E-state index contributed by atoms with van der Waals surface area (Å²) in [5, 5.41) is 3.03. The summed E-state index contributed by atoms with van der Waals surface area (Å²) in [4.78, 5) is 4.30. The van der Waals surface area contributed by atoms with Crippen molar-refractivity contribution >= 4 is 0 Å². The molecule has 0 aliphatic carbocycles. The number of benzene rings is 1. The first-order valence-corrected chi connectivity index (χ1v) is 6.25. The molecule has 0 fully saturated rings. The van der Waals surface area contributed by atoms with Gasteiger partial charge in [0.05, 0.1) is 0 Å². The molecule has 2 aromatic rings. The van der Waals surface area contributed by atoms with Crippen molar-refractivity contribution in [1.82, 2.24) is 10.3 Å². The van der Waals surface area contributed by atoms with Crippen molar-refractivity contribution in [2.45, 2.75) is 20.4 Å². The van der Waals surface area contributed by atoms with Crippen LogP contribution in [0.3, 0.4) is 0 Å². The molecule has 1 heterocycles. The van der Waals surface area contributed by atoms with Crippen LogP contribution in [0.4, 0.5) is 8.78 Å². The number of hydrogen-bond acceptors (Lipinski definition) is 3. The summed E-state index contributed by atoms with van der Waals surface area (Å²) >= 11 is 0. The highest BCUT2D eigenvalue weighted by atomic mass is 19.1. The Bertz CT molecular complexity index is 609. The Kier molecular flexibility index (Phi) is 4.29. The topological polar surface area (TPSA) is 34.2 Å². The smallest absolute Gasteiger partial charge is 0.224 e. The average molecular weight is 278 g/mol. The van der Waals surface area contributed by atoms with Crippen molar-refractivity contribution in [2.75, 3.05) is 7.05 Å². The highest BCUT2D eigenvalue weighted by Gasteiger charge is 2.12. The lowest BCUT2D eigenvalue weighted by atomic mass is 10.1. The SMILES string of the molecule is CNCc1c(C)cc(C)nc1Oc1cc(F)cc(F)c1. The van der Waals surface area contributed by atoms with E-state index in [0.29, 0.717) is 12.4 Å². The predicted octanol–water partition coefficient (Wildman–Crippen LogP) is 3.49. The van der Waals surface area contributed by atoms with Crippen LogP contribution in [0.15, 0.2) is 24.3 Å². The van der Waals surface area contributed by atoms with Crippen molar-refractivity contribution in [2.24, 2.45) is 0 Å². The number of hydrogen-bond donors (Lipinski definition) is 1. The van der Waals surface area contributed by atoms with Crippen molar-refractivity contribution < 1.29 is 13.5 Å². The Morgan fingerprint density at radius 2 is 1.75 bits per heavy atom. The average Bonchev–Trinajstić information content (AvgIpc) is 2.32.